The van der Waals surface area contributed by atoms with E-state index >= 15 is 0 Å². The van der Waals surface area contributed by atoms with Gasteiger partial charge in [0.25, 0.3) is 0 Å². The second-order valence-electron chi connectivity index (χ2n) is 5.53. The van der Waals surface area contributed by atoms with E-state index in [9.17, 15) is 13.6 Å². The normalized spacial score (nSPS) is 12.0. The highest BCUT2D eigenvalue weighted by molar-refractivity contribution is 8.00. The minimum atomic E-state index is -0.838. The Morgan fingerprint density at radius 2 is 2.07 bits per heavy atom. The molecule has 0 bridgehead atoms. The molecule has 27 heavy (non-hydrogen) atoms. The van der Waals surface area contributed by atoms with Crippen molar-refractivity contribution in [3.8, 4) is 11.6 Å². The van der Waals surface area contributed by atoms with E-state index in [4.69, 9.17) is 4.42 Å². The number of thioether (sulfide) groups is 1. The number of benzene rings is 1. The number of allylic oxidation sites excluding steroid dienone is 1. The Kier molecular flexibility index (Phi) is 5.70. The molecule has 2 heterocycles. The van der Waals surface area contributed by atoms with Crippen molar-refractivity contribution in [2.45, 2.75) is 23.9 Å². The standard InChI is InChI=1S/C18H16F2N4O2S/c1-3-9-24-16(14-8-5-10-26-14)22-23-18(24)27-11(2)17(25)21-15-12(19)6-4-7-13(15)20/h3-8,10-11H,1,9H2,2H3,(H,21,25). The van der Waals surface area contributed by atoms with E-state index < -0.39 is 28.5 Å². The maximum absolute atomic E-state index is 13.7. The highest BCUT2D eigenvalue weighted by Gasteiger charge is 2.23. The number of carbonyl (C=O) groups excluding carboxylic acids is 1. The fraction of sp³-hybridized carbons (Fsp3) is 0.167. The molecule has 0 fully saturated rings. The number of hydrogen-bond donors (Lipinski definition) is 1. The van der Waals surface area contributed by atoms with Gasteiger partial charge in [-0.2, -0.15) is 0 Å². The molecule has 0 saturated carbocycles. The van der Waals surface area contributed by atoms with Crippen molar-refractivity contribution in [2.75, 3.05) is 5.32 Å². The topological polar surface area (TPSA) is 73.0 Å². The lowest BCUT2D eigenvalue weighted by Gasteiger charge is -2.13. The smallest absolute Gasteiger partial charge is 0.237 e. The molecule has 2 aromatic heterocycles. The molecule has 140 valence electrons. The maximum atomic E-state index is 13.7. The summed E-state index contributed by atoms with van der Waals surface area (Å²) in [7, 11) is 0. The third-order valence-electron chi connectivity index (χ3n) is 3.63. The van der Waals surface area contributed by atoms with Gasteiger partial charge in [0.15, 0.2) is 10.9 Å². The number of nitrogens with zero attached hydrogens (tertiary/aromatic N) is 3. The molecule has 1 N–H and O–H groups in total. The predicted octanol–water partition coefficient (Wildman–Crippen LogP) is 4.12. The van der Waals surface area contributed by atoms with Crippen LogP contribution in [0.1, 0.15) is 6.92 Å². The fourth-order valence-corrected chi connectivity index (χ4v) is 3.17. The van der Waals surface area contributed by atoms with Gasteiger partial charge in [0.05, 0.1) is 11.5 Å². The first-order valence-electron chi connectivity index (χ1n) is 8.00. The molecule has 9 heteroatoms. The maximum Gasteiger partial charge on any atom is 0.237 e. The minimum Gasteiger partial charge on any atom is -0.461 e. The summed E-state index contributed by atoms with van der Waals surface area (Å²) in [6.45, 7) is 5.72. The highest BCUT2D eigenvalue weighted by Crippen LogP contribution is 2.28. The molecule has 1 unspecified atom stereocenters. The number of nitrogens with one attached hydrogen (secondary N) is 1. The lowest BCUT2D eigenvalue weighted by Crippen LogP contribution is -2.24. The van der Waals surface area contributed by atoms with E-state index in [-0.39, 0.29) is 0 Å². The Bertz CT molecular complexity index is 936. The highest BCUT2D eigenvalue weighted by atomic mass is 32.2. The summed E-state index contributed by atoms with van der Waals surface area (Å²) in [6.07, 6.45) is 3.19. The van der Waals surface area contributed by atoms with Gasteiger partial charge in [-0.05, 0) is 31.2 Å². The van der Waals surface area contributed by atoms with Crippen LogP contribution < -0.4 is 5.32 Å². The van der Waals surface area contributed by atoms with E-state index in [0.29, 0.717) is 23.3 Å². The van der Waals surface area contributed by atoms with Gasteiger partial charge < -0.3 is 9.73 Å². The number of amides is 1. The molecule has 0 saturated heterocycles. The zero-order valence-corrected chi connectivity index (χ0v) is 15.2. The average molecular weight is 390 g/mol. The third kappa shape index (κ3) is 4.08. The first-order chi connectivity index (χ1) is 13.0. The zero-order chi connectivity index (χ0) is 19.4. The number of halogens is 2. The van der Waals surface area contributed by atoms with Gasteiger partial charge in [0.1, 0.15) is 17.3 Å². The molecule has 1 aromatic carbocycles. The summed E-state index contributed by atoms with van der Waals surface area (Å²) >= 11 is 1.11. The number of anilines is 1. The summed E-state index contributed by atoms with van der Waals surface area (Å²) in [6, 6.07) is 6.86. The number of furan rings is 1. The number of hydrogen-bond acceptors (Lipinski definition) is 5. The Hall–Kier alpha value is -2.94. The van der Waals surface area contributed by atoms with Gasteiger partial charge in [0, 0.05) is 6.54 Å². The zero-order valence-electron chi connectivity index (χ0n) is 14.4. The van der Waals surface area contributed by atoms with Crippen LogP contribution in [0.5, 0.6) is 0 Å². The van der Waals surface area contributed by atoms with Crippen molar-refractivity contribution in [3.05, 3.63) is 60.9 Å². The van der Waals surface area contributed by atoms with E-state index in [0.717, 1.165) is 23.9 Å². The Balaban J connectivity index is 1.78. The molecule has 3 rings (SSSR count). The van der Waals surface area contributed by atoms with Crippen molar-refractivity contribution >= 4 is 23.4 Å². The van der Waals surface area contributed by atoms with E-state index in [1.165, 1.54) is 12.3 Å². The molecule has 0 aliphatic rings. The van der Waals surface area contributed by atoms with Crippen LogP contribution in [0.3, 0.4) is 0 Å². The molecule has 6 nitrogen and oxygen atoms in total. The number of aromatic nitrogens is 3. The lowest BCUT2D eigenvalue weighted by atomic mass is 10.3. The SMILES string of the molecule is C=CCn1c(SC(C)C(=O)Nc2c(F)cccc2F)nnc1-c1ccco1. The van der Waals surface area contributed by atoms with Crippen LogP contribution in [0.4, 0.5) is 14.5 Å². The minimum absolute atomic E-state index is 0.404. The van der Waals surface area contributed by atoms with Crippen molar-refractivity contribution in [2.24, 2.45) is 0 Å². The summed E-state index contributed by atoms with van der Waals surface area (Å²) in [4.78, 5) is 12.4. The molecule has 0 aliphatic carbocycles. The van der Waals surface area contributed by atoms with Crippen molar-refractivity contribution in [3.63, 3.8) is 0 Å². The first kappa shape index (κ1) is 18.8. The van der Waals surface area contributed by atoms with Crippen LogP contribution in [-0.4, -0.2) is 25.9 Å². The van der Waals surface area contributed by atoms with Crippen LogP contribution in [0.15, 0.2) is 58.8 Å². The Labute approximate surface area is 158 Å². The summed E-state index contributed by atoms with van der Waals surface area (Å²) in [5.74, 6) is -1.21. The predicted molar refractivity (Wildman–Crippen MR) is 98.2 cm³/mol. The molecule has 1 amide bonds. The molecular weight excluding hydrogens is 374 g/mol. The van der Waals surface area contributed by atoms with Crippen LogP contribution in [0, 0.1) is 11.6 Å². The van der Waals surface area contributed by atoms with E-state index in [2.05, 4.69) is 22.1 Å². The summed E-state index contributed by atoms with van der Waals surface area (Å²) in [5, 5.41) is 10.3. The van der Waals surface area contributed by atoms with Crippen LogP contribution in [0.25, 0.3) is 11.6 Å². The van der Waals surface area contributed by atoms with Gasteiger partial charge >= 0.3 is 0 Å². The number of para-hydroxylation sites is 1. The molecular formula is C18H16F2N4O2S. The van der Waals surface area contributed by atoms with Crippen LogP contribution in [0.2, 0.25) is 0 Å². The van der Waals surface area contributed by atoms with E-state index in [1.807, 2.05) is 0 Å². The summed E-state index contributed by atoms with van der Waals surface area (Å²) in [5.41, 5.74) is -0.473. The first-order valence-corrected chi connectivity index (χ1v) is 8.88. The number of carbonyl (C=O) groups is 1. The molecule has 0 radical (unpaired) electrons. The van der Waals surface area contributed by atoms with Gasteiger partial charge in [0.2, 0.25) is 11.7 Å². The third-order valence-corrected chi connectivity index (χ3v) is 4.71. The lowest BCUT2D eigenvalue weighted by molar-refractivity contribution is -0.115. The monoisotopic (exact) mass is 390 g/mol. The Morgan fingerprint density at radius 1 is 1.33 bits per heavy atom. The van der Waals surface area contributed by atoms with Crippen LogP contribution >= 0.6 is 11.8 Å². The molecule has 0 aliphatic heterocycles. The second kappa shape index (κ2) is 8.17. The number of rotatable bonds is 7. The molecule has 1 atom stereocenters. The van der Waals surface area contributed by atoms with Crippen molar-refractivity contribution in [1.29, 1.82) is 0 Å². The average Bonchev–Trinajstić information content (AvgIpc) is 3.29. The largest absolute Gasteiger partial charge is 0.461 e. The van der Waals surface area contributed by atoms with Crippen LogP contribution in [-0.2, 0) is 11.3 Å². The second-order valence-corrected chi connectivity index (χ2v) is 6.84. The van der Waals surface area contributed by atoms with Gasteiger partial charge in [-0.15, -0.1) is 16.8 Å². The Morgan fingerprint density at radius 3 is 2.70 bits per heavy atom. The van der Waals surface area contributed by atoms with Crippen molar-refractivity contribution < 1.29 is 18.0 Å². The van der Waals surface area contributed by atoms with Gasteiger partial charge in [-0.25, -0.2) is 8.78 Å². The van der Waals surface area contributed by atoms with Gasteiger partial charge in [-0.3, -0.25) is 9.36 Å². The summed E-state index contributed by atoms with van der Waals surface area (Å²) < 4.78 is 34.5. The van der Waals surface area contributed by atoms with E-state index in [1.54, 1.807) is 29.7 Å². The van der Waals surface area contributed by atoms with Crippen molar-refractivity contribution in [1.82, 2.24) is 14.8 Å². The molecule has 0 spiro atoms. The van der Waals surface area contributed by atoms with Gasteiger partial charge in [-0.1, -0.05) is 23.9 Å². The quantitative estimate of drug-likeness (QED) is 0.485. The fourth-order valence-electron chi connectivity index (χ4n) is 2.31. The molecule has 3 aromatic rings.